The van der Waals surface area contributed by atoms with Gasteiger partial charge in [-0.1, -0.05) is 12.1 Å². The van der Waals surface area contributed by atoms with E-state index in [-0.39, 0.29) is 6.42 Å². The first-order valence-electron chi connectivity index (χ1n) is 10.7. The highest BCUT2D eigenvalue weighted by Gasteiger charge is 2.18. The third kappa shape index (κ3) is 4.25. The fraction of sp³-hybridized carbons (Fsp3) is 0.280. The van der Waals surface area contributed by atoms with E-state index in [1.807, 2.05) is 37.3 Å². The number of aromatic nitrogens is 2. The van der Waals surface area contributed by atoms with Gasteiger partial charge in [0, 0.05) is 28.0 Å². The van der Waals surface area contributed by atoms with Gasteiger partial charge in [0.1, 0.15) is 11.3 Å². The number of hydrogen-bond donors (Lipinski definition) is 3. The van der Waals surface area contributed by atoms with Crippen molar-refractivity contribution in [3.63, 3.8) is 0 Å². The number of H-pyrrole nitrogens is 1. The number of nitrogens with two attached hydrogens (primary N) is 1. The van der Waals surface area contributed by atoms with E-state index in [0.29, 0.717) is 13.2 Å². The molecule has 160 valence electrons. The Morgan fingerprint density at radius 3 is 2.81 bits per heavy atom. The van der Waals surface area contributed by atoms with E-state index in [1.165, 1.54) is 5.56 Å². The van der Waals surface area contributed by atoms with Gasteiger partial charge in [0.25, 0.3) is 0 Å². The fourth-order valence-corrected chi connectivity index (χ4v) is 4.15. The molecule has 2 aromatic heterocycles. The summed E-state index contributed by atoms with van der Waals surface area (Å²) in [6.07, 6.45) is 4.55. The Balaban J connectivity index is 1.91. The van der Waals surface area contributed by atoms with Crippen molar-refractivity contribution in [1.82, 2.24) is 9.97 Å². The average molecular weight is 418 g/mol. The average Bonchev–Trinajstić information content (AvgIpc) is 3.11. The Morgan fingerprint density at radius 1 is 1.16 bits per heavy atom. The summed E-state index contributed by atoms with van der Waals surface area (Å²) in [6, 6.07) is 13.9. The molecule has 4 aromatic rings. The fourth-order valence-electron chi connectivity index (χ4n) is 4.15. The summed E-state index contributed by atoms with van der Waals surface area (Å²) >= 11 is 0. The number of pyridine rings is 1. The Morgan fingerprint density at radius 2 is 2.03 bits per heavy atom. The minimum Gasteiger partial charge on any atom is -0.492 e. The number of carboxylic acids is 1. The molecule has 0 aliphatic rings. The predicted octanol–water partition coefficient (Wildman–Crippen LogP) is 4.69. The third-order valence-electron chi connectivity index (χ3n) is 5.51. The topological polar surface area (TPSA) is 101 Å². The Bertz CT molecular complexity index is 1230. The van der Waals surface area contributed by atoms with Crippen LogP contribution < -0.4 is 10.5 Å². The van der Waals surface area contributed by atoms with E-state index in [9.17, 15) is 9.90 Å². The maximum absolute atomic E-state index is 11.2. The smallest absolute Gasteiger partial charge is 0.307 e. The molecule has 4 rings (SSSR count). The van der Waals surface area contributed by atoms with Crippen LogP contribution in [-0.4, -0.2) is 34.2 Å². The molecule has 2 aromatic carbocycles. The molecule has 0 atom stereocenters. The molecule has 4 N–H and O–H groups in total. The second-order valence-corrected chi connectivity index (χ2v) is 7.62. The van der Waals surface area contributed by atoms with Gasteiger partial charge in [0.15, 0.2) is 0 Å². The van der Waals surface area contributed by atoms with Crippen LogP contribution in [0.2, 0.25) is 0 Å². The maximum atomic E-state index is 11.2. The van der Waals surface area contributed by atoms with E-state index in [1.54, 1.807) is 6.20 Å². The van der Waals surface area contributed by atoms with E-state index in [0.717, 1.165) is 63.6 Å². The molecule has 0 spiro atoms. The molecule has 0 unspecified atom stereocenters. The van der Waals surface area contributed by atoms with Crippen LogP contribution in [0.15, 0.2) is 48.7 Å². The molecule has 31 heavy (non-hydrogen) atoms. The van der Waals surface area contributed by atoms with Gasteiger partial charge < -0.3 is 20.6 Å². The van der Waals surface area contributed by atoms with Crippen molar-refractivity contribution in [2.45, 2.75) is 32.6 Å². The Hall–Kier alpha value is -3.38. The van der Waals surface area contributed by atoms with Crippen LogP contribution >= 0.6 is 0 Å². The van der Waals surface area contributed by atoms with E-state index in [4.69, 9.17) is 10.5 Å². The van der Waals surface area contributed by atoms with Gasteiger partial charge in [-0.05, 0) is 74.2 Å². The second kappa shape index (κ2) is 9.18. The highest BCUT2D eigenvalue weighted by atomic mass is 16.5. The number of rotatable bonds is 9. The van der Waals surface area contributed by atoms with Crippen LogP contribution in [0.3, 0.4) is 0 Å². The van der Waals surface area contributed by atoms with Crippen LogP contribution in [0.4, 0.5) is 0 Å². The Kier molecular flexibility index (Phi) is 6.18. The number of nitrogens with zero attached hydrogens (tertiary/aromatic N) is 1. The molecular formula is C25H27N3O3. The van der Waals surface area contributed by atoms with Crippen LogP contribution in [0.5, 0.6) is 5.75 Å². The molecule has 0 aliphatic heterocycles. The minimum atomic E-state index is -0.830. The normalized spacial score (nSPS) is 11.3. The summed E-state index contributed by atoms with van der Waals surface area (Å²) in [5.74, 6) is -0.0604. The molecule has 0 aliphatic carbocycles. The second-order valence-electron chi connectivity index (χ2n) is 7.62. The lowest BCUT2D eigenvalue weighted by Gasteiger charge is -2.12. The summed E-state index contributed by atoms with van der Waals surface area (Å²) in [5.41, 5.74) is 11.6. The first kappa shape index (κ1) is 20.9. The third-order valence-corrected chi connectivity index (χ3v) is 5.51. The summed E-state index contributed by atoms with van der Waals surface area (Å²) in [6.45, 7) is 3.19. The highest BCUT2D eigenvalue weighted by molar-refractivity contribution is 6.01. The van der Waals surface area contributed by atoms with Crippen molar-refractivity contribution in [3.8, 4) is 17.0 Å². The summed E-state index contributed by atoms with van der Waals surface area (Å²) in [7, 11) is 0. The maximum Gasteiger partial charge on any atom is 0.307 e. The van der Waals surface area contributed by atoms with Crippen molar-refractivity contribution in [1.29, 1.82) is 0 Å². The van der Waals surface area contributed by atoms with Gasteiger partial charge in [-0.25, -0.2) is 0 Å². The molecule has 0 radical (unpaired) electrons. The number of fused-ring (bicyclic) bond motifs is 2. The molecule has 0 saturated carbocycles. The van der Waals surface area contributed by atoms with Crippen molar-refractivity contribution < 1.29 is 14.6 Å². The van der Waals surface area contributed by atoms with Gasteiger partial charge in [0.05, 0.1) is 18.7 Å². The molecule has 0 fully saturated rings. The molecule has 6 heteroatoms. The monoisotopic (exact) mass is 417 g/mol. The standard InChI is InChI=1S/C25H27N3O3/c1-2-31-22-11-9-19(17-7-5-13-27-25(17)22)24-18(6-3-4-12-26)20-14-16(15-23(29)30)8-10-21(20)28-24/h5,7-11,13-14,28H,2-4,6,12,15,26H2,1H3,(H,29,30). The lowest BCUT2D eigenvalue weighted by molar-refractivity contribution is -0.136. The zero-order valence-electron chi connectivity index (χ0n) is 17.6. The molecular weight excluding hydrogens is 390 g/mol. The number of benzene rings is 2. The number of unbranched alkanes of at least 4 members (excludes halogenated alkanes) is 1. The highest BCUT2D eigenvalue weighted by Crippen LogP contribution is 2.38. The minimum absolute atomic E-state index is 0.00853. The number of aromatic amines is 1. The van der Waals surface area contributed by atoms with Gasteiger partial charge in [-0.15, -0.1) is 0 Å². The van der Waals surface area contributed by atoms with Crippen LogP contribution in [0.25, 0.3) is 33.1 Å². The van der Waals surface area contributed by atoms with Gasteiger partial charge >= 0.3 is 5.97 Å². The van der Waals surface area contributed by atoms with Crippen LogP contribution in [-0.2, 0) is 17.6 Å². The number of aryl methyl sites for hydroxylation is 1. The first-order chi connectivity index (χ1) is 15.1. The molecule has 2 heterocycles. The largest absolute Gasteiger partial charge is 0.492 e. The van der Waals surface area contributed by atoms with Crippen LogP contribution in [0.1, 0.15) is 30.9 Å². The van der Waals surface area contributed by atoms with E-state index < -0.39 is 5.97 Å². The number of aliphatic carboxylic acids is 1. The summed E-state index contributed by atoms with van der Waals surface area (Å²) in [5, 5.41) is 11.3. The van der Waals surface area contributed by atoms with Gasteiger partial charge in [0.2, 0.25) is 0 Å². The predicted molar refractivity (Wildman–Crippen MR) is 124 cm³/mol. The zero-order valence-corrected chi connectivity index (χ0v) is 17.6. The zero-order chi connectivity index (χ0) is 21.8. The van der Waals surface area contributed by atoms with Crippen molar-refractivity contribution in [3.05, 3.63) is 59.8 Å². The molecule has 6 nitrogen and oxygen atoms in total. The van der Waals surface area contributed by atoms with Crippen molar-refractivity contribution in [2.24, 2.45) is 5.73 Å². The summed E-state index contributed by atoms with van der Waals surface area (Å²) < 4.78 is 5.79. The lowest BCUT2D eigenvalue weighted by atomic mass is 9.96. The van der Waals surface area contributed by atoms with Crippen molar-refractivity contribution in [2.75, 3.05) is 13.2 Å². The van der Waals surface area contributed by atoms with Gasteiger partial charge in [-0.3, -0.25) is 9.78 Å². The number of carboxylic acid groups (broad SMARTS) is 1. The molecule has 0 amide bonds. The number of nitrogens with one attached hydrogen (secondary N) is 1. The number of carbonyl (C=O) groups is 1. The van der Waals surface area contributed by atoms with Crippen molar-refractivity contribution >= 4 is 27.8 Å². The van der Waals surface area contributed by atoms with E-state index in [2.05, 4.69) is 22.1 Å². The summed E-state index contributed by atoms with van der Waals surface area (Å²) in [4.78, 5) is 19.4. The van der Waals surface area contributed by atoms with E-state index >= 15 is 0 Å². The number of hydrogen-bond acceptors (Lipinski definition) is 4. The Labute approximate surface area is 181 Å². The lowest BCUT2D eigenvalue weighted by Crippen LogP contribution is -2.00. The quantitative estimate of drug-likeness (QED) is 0.343. The molecule has 0 bridgehead atoms. The van der Waals surface area contributed by atoms with Gasteiger partial charge in [-0.2, -0.15) is 0 Å². The van der Waals surface area contributed by atoms with Crippen LogP contribution in [0, 0.1) is 0 Å². The SMILES string of the molecule is CCOc1ccc(-c2[nH]c3ccc(CC(=O)O)cc3c2CCCCN)c2cccnc12. The number of ether oxygens (including phenoxy) is 1. The first-order valence-corrected chi connectivity index (χ1v) is 10.7. The molecule has 0 saturated heterocycles.